The van der Waals surface area contributed by atoms with Crippen LogP contribution in [-0.2, 0) is 4.74 Å². The quantitative estimate of drug-likeness (QED) is 0.757. The lowest BCUT2D eigenvalue weighted by Crippen LogP contribution is -2.53. The van der Waals surface area contributed by atoms with Crippen LogP contribution in [0.1, 0.15) is 59.3 Å². The van der Waals surface area contributed by atoms with Gasteiger partial charge >= 0.3 is 0 Å². The first-order valence-electron chi connectivity index (χ1n) is 7.12. The lowest BCUT2D eigenvalue weighted by molar-refractivity contribution is -0.0861. The molecule has 1 saturated carbocycles. The van der Waals surface area contributed by atoms with Gasteiger partial charge in [-0.05, 0) is 51.5 Å². The predicted molar refractivity (Wildman–Crippen MR) is 77.5 cm³/mol. The van der Waals surface area contributed by atoms with E-state index in [0.29, 0.717) is 11.5 Å². The zero-order valence-corrected chi connectivity index (χ0v) is 12.7. The molecule has 1 aliphatic carbocycles. The number of hydrogen-bond acceptors (Lipinski definition) is 2. The largest absolute Gasteiger partial charge is 0.377 e. The van der Waals surface area contributed by atoms with Crippen molar-refractivity contribution < 1.29 is 4.74 Å². The third-order valence-corrected chi connectivity index (χ3v) is 4.57. The molecule has 2 heteroatoms. The van der Waals surface area contributed by atoms with Gasteiger partial charge in [0.15, 0.2) is 0 Å². The molecule has 1 atom stereocenters. The van der Waals surface area contributed by atoms with Gasteiger partial charge in [-0.1, -0.05) is 13.8 Å². The number of rotatable bonds is 5. The Morgan fingerprint density at radius 2 is 1.83 bits per heavy atom. The summed E-state index contributed by atoms with van der Waals surface area (Å²) in [7, 11) is 3.92. The van der Waals surface area contributed by atoms with E-state index in [1.807, 2.05) is 21.1 Å². The second-order valence-corrected chi connectivity index (χ2v) is 6.24. The van der Waals surface area contributed by atoms with E-state index in [-0.39, 0.29) is 5.60 Å². The van der Waals surface area contributed by atoms with Crippen molar-refractivity contribution >= 4 is 0 Å². The number of methoxy groups -OCH3 is 1. The summed E-state index contributed by atoms with van der Waals surface area (Å²) in [6, 6.07) is 0.416. The van der Waals surface area contributed by atoms with E-state index >= 15 is 0 Å². The summed E-state index contributed by atoms with van der Waals surface area (Å²) in [6.45, 7) is 6.64. The van der Waals surface area contributed by atoms with Gasteiger partial charge in [0.1, 0.15) is 0 Å². The van der Waals surface area contributed by atoms with Crippen LogP contribution < -0.4 is 5.32 Å². The van der Waals surface area contributed by atoms with Crippen LogP contribution >= 0.6 is 0 Å². The van der Waals surface area contributed by atoms with Gasteiger partial charge in [-0.3, -0.25) is 0 Å². The number of ether oxygens (including phenoxy) is 1. The number of likely N-dealkylation sites (N-methyl/N-ethyl adjacent to an activating group) is 1. The number of hydrogen-bond donors (Lipinski definition) is 1. The number of nitrogens with one attached hydrogen (secondary N) is 1. The standard InChI is InChI=1S/C16H29NO/c1-6-7-8-9-14(17-4)16(18-5)12-10-15(2,3)11-13-16/h14,17H,8-13H2,1-5H3. The summed E-state index contributed by atoms with van der Waals surface area (Å²) in [5.41, 5.74) is 0.489. The van der Waals surface area contributed by atoms with E-state index in [1.54, 1.807) is 0 Å². The Kier molecular flexibility index (Phi) is 5.69. The van der Waals surface area contributed by atoms with E-state index < -0.39 is 0 Å². The van der Waals surface area contributed by atoms with Crippen molar-refractivity contribution in [2.45, 2.75) is 70.9 Å². The SMILES string of the molecule is CC#CCCC(NC)C1(OC)CCC(C)(C)CC1. The summed E-state index contributed by atoms with van der Waals surface area (Å²) < 4.78 is 5.95. The molecule has 0 aromatic heterocycles. The van der Waals surface area contributed by atoms with Gasteiger partial charge in [-0.2, -0.15) is 0 Å². The predicted octanol–water partition coefficient (Wildman–Crippen LogP) is 3.36. The first-order valence-corrected chi connectivity index (χ1v) is 7.12. The lowest BCUT2D eigenvalue weighted by Gasteiger charge is -2.47. The molecule has 0 spiro atoms. The molecule has 0 bridgehead atoms. The second-order valence-electron chi connectivity index (χ2n) is 6.24. The van der Waals surface area contributed by atoms with E-state index in [9.17, 15) is 0 Å². The summed E-state index contributed by atoms with van der Waals surface area (Å²) in [5, 5.41) is 3.46. The highest BCUT2D eigenvalue weighted by atomic mass is 16.5. The molecule has 18 heavy (non-hydrogen) atoms. The zero-order valence-electron chi connectivity index (χ0n) is 12.7. The Labute approximate surface area is 113 Å². The molecule has 1 fully saturated rings. The minimum Gasteiger partial charge on any atom is -0.377 e. The van der Waals surface area contributed by atoms with E-state index in [0.717, 1.165) is 25.7 Å². The first-order chi connectivity index (χ1) is 8.49. The molecule has 1 rings (SSSR count). The molecular formula is C16H29NO. The topological polar surface area (TPSA) is 21.3 Å². The van der Waals surface area contributed by atoms with Crippen molar-refractivity contribution in [3.63, 3.8) is 0 Å². The summed E-state index contributed by atoms with van der Waals surface area (Å²) >= 11 is 0. The molecule has 1 N–H and O–H groups in total. The molecule has 0 aliphatic heterocycles. The van der Waals surface area contributed by atoms with E-state index in [1.165, 1.54) is 12.8 Å². The molecule has 1 aliphatic rings. The van der Waals surface area contributed by atoms with Crippen molar-refractivity contribution in [3.05, 3.63) is 0 Å². The average Bonchev–Trinajstić information content (AvgIpc) is 2.36. The summed E-state index contributed by atoms with van der Waals surface area (Å²) in [4.78, 5) is 0. The first kappa shape index (κ1) is 15.5. The fourth-order valence-electron chi connectivity index (χ4n) is 3.06. The molecule has 2 nitrogen and oxygen atoms in total. The molecule has 0 heterocycles. The van der Waals surface area contributed by atoms with Crippen molar-refractivity contribution in [1.82, 2.24) is 5.32 Å². The smallest absolute Gasteiger partial charge is 0.0831 e. The van der Waals surface area contributed by atoms with Gasteiger partial charge < -0.3 is 10.1 Å². The van der Waals surface area contributed by atoms with Crippen LogP contribution in [-0.4, -0.2) is 25.8 Å². The van der Waals surface area contributed by atoms with Crippen LogP contribution in [0, 0.1) is 17.3 Å². The van der Waals surface area contributed by atoms with Gasteiger partial charge in [0, 0.05) is 19.6 Å². The van der Waals surface area contributed by atoms with Crippen molar-refractivity contribution in [2.24, 2.45) is 5.41 Å². The Hall–Kier alpha value is -0.520. The third kappa shape index (κ3) is 3.73. The zero-order chi connectivity index (χ0) is 13.6. The highest BCUT2D eigenvalue weighted by molar-refractivity contribution is 5.01. The van der Waals surface area contributed by atoms with Gasteiger partial charge in [-0.25, -0.2) is 0 Å². The van der Waals surface area contributed by atoms with Crippen LogP contribution in [0.25, 0.3) is 0 Å². The monoisotopic (exact) mass is 251 g/mol. The molecule has 1 unspecified atom stereocenters. The summed E-state index contributed by atoms with van der Waals surface area (Å²) in [6.07, 6.45) is 6.84. The van der Waals surface area contributed by atoms with Gasteiger partial charge in [0.05, 0.1) is 5.60 Å². The van der Waals surface area contributed by atoms with Crippen molar-refractivity contribution in [3.8, 4) is 11.8 Å². The maximum absolute atomic E-state index is 5.95. The highest BCUT2D eigenvalue weighted by Gasteiger charge is 2.43. The minimum atomic E-state index is 0.0136. The molecule has 0 aromatic rings. The Balaban J connectivity index is 2.69. The normalized spacial score (nSPS) is 22.9. The maximum Gasteiger partial charge on any atom is 0.0831 e. The molecule has 104 valence electrons. The summed E-state index contributed by atoms with van der Waals surface area (Å²) in [5.74, 6) is 6.14. The highest BCUT2D eigenvalue weighted by Crippen LogP contribution is 2.44. The van der Waals surface area contributed by atoms with E-state index in [4.69, 9.17) is 4.74 Å². The Morgan fingerprint density at radius 3 is 2.28 bits per heavy atom. The molecule has 0 radical (unpaired) electrons. The van der Waals surface area contributed by atoms with Crippen LogP contribution in [0.5, 0.6) is 0 Å². The van der Waals surface area contributed by atoms with Gasteiger partial charge in [0.2, 0.25) is 0 Å². The molecule has 0 amide bonds. The second kappa shape index (κ2) is 6.59. The Morgan fingerprint density at radius 1 is 1.22 bits per heavy atom. The lowest BCUT2D eigenvalue weighted by atomic mass is 9.68. The van der Waals surface area contributed by atoms with Crippen LogP contribution in [0.3, 0.4) is 0 Å². The van der Waals surface area contributed by atoms with Crippen molar-refractivity contribution in [1.29, 1.82) is 0 Å². The molecule has 0 aromatic carbocycles. The van der Waals surface area contributed by atoms with Crippen molar-refractivity contribution in [2.75, 3.05) is 14.2 Å². The van der Waals surface area contributed by atoms with Crippen LogP contribution in [0.4, 0.5) is 0 Å². The van der Waals surface area contributed by atoms with Gasteiger partial charge in [-0.15, -0.1) is 11.8 Å². The Bertz CT molecular complexity index is 301. The molecular weight excluding hydrogens is 222 g/mol. The third-order valence-electron chi connectivity index (χ3n) is 4.57. The van der Waals surface area contributed by atoms with Gasteiger partial charge in [0.25, 0.3) is 0 Å². The maximum atomic E-state index is 5.95. The van der Waals surface area contributed by atoms with Crippen LogP contribution in [0.15, 0.2) is 0 Å². The molecule has 0 saturated heterocycles. The minimum absolute atomic E-state index is 0.0136. The fraction of sp³-hybridized carbons (Fsp3) is 0.875. The fourth-order valence-corrected chi connectivity index (χ4v) is 3.06. The van der Waals surface area contributed by atoms with Crippen LogP contribution in [0.2, 0.25) is 0 Å². The average molecular weight is 251 g/mol. The van der Waals surface area contributed by atoms with E-state index in [2.05, 4.69) is 31.0 Å².